The fraction of sp³-hybridized carbons (Fsp3) is 0.739. The van der Waals surface area contributed by atoms with Gasteiger partial charge in [0.1, 0.15) is 5.82 Å². The molecule has 1 aromatic rings. The van der Waals surface area contributed by atoms with Crippen molar-refractivity contribution in [1.82, 2.24) is 14.7 Å². The zero-order valence-corrected chi connectivity index (χ0v) is 20.9. The fourth-order valence-electron chi connectivity index (χ4n) is 5.09. The van der Waals surface area contributed by atoms with Gasteiger partial charge >= 0.3 is 24.1 Å². The molecule has 0 amide bonds. The second kappa shape index (κ2) is 11.9. The summed E-state index contributed by atoms with van der Waals surface area (Å²) in [6.07, 6.45) is -3.46. The van der Waals surface area contributed by atoms with E-state index in [4.69, 9.17) is 25.2 Å². The van der Waals surface area contributed by atoms with Gasteiger partial charge < -0.3 is 30.5 Å². The number of halogens is 3. The third-order valence-electron chi connectivity index (χ3n) is 6.91. The van der Waals surface area contributed by atoms with E-state index < -0.39 is 48.6 Å². The van der Waals surface area contributed by atoms with Crippen LogP contribution in [-0.2, 0) is 19.1 Å². The Balaban J connectivity index is 0.000000263. The first-order valence-electron chi connectivity index (χ1n) is 12.3. The Labute approximate surface area is 216 Å². The minimum Gasteiger partial charge on any atom is -0.481 e. The summed E-state index contributed by atoms with van der Waals surface area (Å²) in [6, 6.07) is 0.192. The molecule has 3 aliphatic rings. The summed E-state index contributed by atoms with van der Waals surface area (Å²) in [5, 5.41) is 41.4. The van der Waals surface area contributed by atoms with Gasteiger partial charge in [0, 0.05) is 25.3 Å². The minimum absolute atomic E-state index is 0.0193. The zero-order valence-electron chi connectivity index (χ0n) is 20.9. The molecule has 3 aliphatic heterocycles. The van der Waals surface area contributed by atoms with Crippen molar-refractivity contribution in [3.05, 3.63) is 11.8 Å². The quantitative estimate of drug-likeness (QED) is 0.321. The molecular formula is C23H33F3N4O8. The van der Waals surface area contributed by atoms with Crippen molar-refractivity contribution in [2.75, 3.05) is 31.6 Å². The van der Waals surface area contributed by atoms with E-state index in [-0.39, 0.29) is 18.5 Å². The number of aromatic nitrogens is 2. The highest BCUT2D eigenvalue weighted by Crippen LogP contribution is 2.41. The van der Waals surface area contributed by atoms with Gasteiger partial charge in [-0.25, -0.2) is 9.48 Å². The van der Waals surface area contributed by atoms with Crippen LogP contribution in [0.3, 0.4) is 0 Å². The molecule has 38 heavy (non-hydrogen) atoms. The normalized spacial score (nSPS) is 25.7. The lowest BCUT2D eigenvalue weighted by Crippen LogP contribution is -2.42. The lowest BCUT2D eigenvalue weighted by Gasteiger charge is -2.31. The van der Waals surface area contributed by atoms with Crippen LogP contribution in [0, 0.1) is 5.92 Å². The van der Waals surface area contributed by atoms with Crippen LogP contribution in [0.4, 0.5) is 19.0 Å². The van der Waals surface area contributed by atoms with E-state index in [1.54, 1.807) is 6.92 Å². The van der Waals surface area contributed by atoms with Gasteiger partial charge in [0.05, 0.1) is 31.2 Å². The molecule has 214 valence electrons. The number of alkyl halides is 3. The Kier molecular flexibility index (Phi) is 9.26. The second-order valence-corrected chi connectivity index (χ2v) is 10.1. The van der Waals surface area contributed by atoms with Crippen LogP contribution in [0.1, 0.15) is 63.2 Å². The molecule has 0 bridgehead atoms. The van der Waals surface area contributed by atoms with Crippen LogP contribution in [0.25, 0.3) is 0 Å². The van der Waals surface area contributed by atoms with E-state index in [1.807, 2.05) is 6.07 Å². The molecule has 0 aromatic carbocycles. The molecule has 2 saturated heterocycles. The highest BCUT2D eigenvalue weighted by molar-refractivity contribution is 5.88. The van der Waals surface area contributed by atoms with E-state index in [9.17, 15) is 27.6 Å². The molecule has 4 heterocycles. The van der Waals surface area contributed by atoms with Crippen molar-refractivity contribution in [2.24, 2.45) is 5.92 Å². The summed E-state index contributed by atoms with van der Waals surface area (Å²) in [5.41, 5.74) is -1.97. The minimum atomic E-state index is -4.27. The summed E-state index contributed by atoms with van der Waals surface area (Å²) in [5.74, 6) is -4.00. The number of rotatable bonds is 8. The Bertz CT molecular complexity index is 995. The zero-order chi connectivity index (χ0) is 28.3. The number of carbonyl (C=O) groups is 3. The number of carboxylic acids is 3. The molecule has 2 fully saturated rings. The van der Waals surface area contributed by atoms with E-state index in [0.717, 1.165) is 55.9 Å². The molecule has 1 aromatic heterocycles. The third-order valence-corrected chi connectivity index (χ3v) is 6.91. The highest BCUT2D eigenvalue weighted by Gasteiger charge is 2.46. The first-order valence-corrected chi connectivity index (χ1v) is 12.3. The number of aliphatic carboxylic acids is 3. The predicted octanol–water partition coefficient (Wildman–Crippen LogP) is 2.12. The molecule has 4 rings (SSSR count). The number of fused-ring (bicyclic) bond motifs is 1. The fourth-order valence-corrected chi connectivity index (χ4v) is 5.09. The van der Waals surface area contributed by atoms with Crippen LogP contribution >= 0.6 is 0 Å². The van der Waals surface area contributed by atoms with Crippen molar-refractivity contribution < 1.29 is 52.7 Å². The van der Waals surface area contributed by atoms with E-state index in [1.165, 1.54) is 0 Å². The van der Waals surface area contributed by atoms with Gasteiger partial charge in [-0.3, -0.25) is 14.5 Å². The van der Waals surface area contributed by atoms with Gasteiger partial charge in [-0.2, -0.15) is 18.3 Å². The summed E-state index contributed by atoms with van der Waals surface area (Å²) >= 11 is 0. The van der Waals surface area contributed by atoms with Crippen LogP contribution in [0.2, 0.25) is 0 Å². The first kappa shape index (κ1) is 29.6. The van der Waals surface area contributed by atoms with Gasteiger partial charge in [0.15, 0.2) is 11.6 Å². The van der Waals surface area contributed by atoms with Gasteiger partial charge in [0.25, 0.3) is 0 Å². The van der Waals surface area contributed by atoms with Crippen LogP contribution < -0.4 is 5.32 Å². The second-order valence-electron chi connectivity index (χ2n) is 10.1. The lowest BCUT2D eigenvalue weighted by atomic mass is 9.96. The van der Waals surface area contributed by atoms with Crippen molar-refractivity contribution in [1.29, 1.82) is 0 Å². The molecular weight excluding hydrogens is 517 g/mol. The van der Waals surface area contributed by atoms with E-state index in [2.05, 4.69) is 15.3 Å². The molecule has 0 spiro atoms. The van der Waals surface area contributed by atoms with Gasteiger partial charge in [-0.05, 0) is 45.1 Å². The number of hydrogen-bond donors (Lipinski definition) is 5. The molecule has 15 heteroatoms. The number of anilines is 1. The number of aliphatic hydroxyl groups is 1. The van der Waals surface area contributed by atoms with Gasteiger partial charge in [0.2, 0.25) is 0 Å². The average Bonchev–Trinajstić information content (AvgIpc) is 3.52. The van der Waals surface area contributed by atoms with Crippen molar-refractivity contribution in [3.8, 4) is 0 Å². The van der Waals surface area contributed by atoms with Crippen LogP contribution in [-0.4, -0.2) is 97.1 Å². The lowest BCUT2D eigenvalue weighted by molar-refractivity contribution is -0.173. The summed E-state index contributed by atoms with van der Waals surface area (Å²) in [4.78, 5) is 32.9. The SMILES string of the molecule is C[C@@H]1C[C@H](C(F)(F)F)n2nc(C3CCCN3CC3CCOC3)cc2N1.O=C(O)CC(O)(CC(=O)O)C(=O)O. The topological polar surface area (TPSA) is 174 Å². The first-order chi connectivity index (χ1) is 17.7. The Morgan fingerprint density at radius 2 is 1.82 bits per heavy atom. The monoisotopic (exact) mass is 550 g/mol. The Morgan fingerprint density at radius 3 is 2.34 bits per heavy atom. The Hall–Kier alpha value is -2.91. The molecule has 0 saturated carbocycles. The van der Waals surface area contributed by atoms with Crippen molar-refractivity contribution >= 4 is 23.7 Å². The highest BCUT2D eigenvalue weighted by atomic mass is 19.4. The molecule has 0 aliphatic carbocycles. The molecule has 0 radical (unpaired) electrons. The maximum Gasteiger partial charge on any atom is 0.410 e. The average molecular weight is 551 g/mol. The number of carboxylic acid groups (broad SMARTS) is 3. The Morgan fingerprint density at radius 1 is 1.16 bits per heavy atom. The number of nitrogens with zero attached hydrogens (tertiary/aromatic N) is 3. The number of hydrogen-bond acceptors (Lipinski definition) is 8. The van der Waals surface area contributed by atoms with Crippen LogP contribution in [0.15, 0.2) is 6.07 Å². The third kappa shape index (κ3) is 7.35. The molecule has 12 nitrogen and oxygen atoms in total. The smallest absolute Gasteiger partial charge is 0.410 e. The number of nitrogens with one attached hydrogen (secondary N) is 1. The van der Waals surface area contributed by atoms with Crippen molar-refractivity contribution in [3.63, 3.8) is 0 Å². The van der Waals surface area contributed by atoms with E-state index in [0.29, 0.717) is 11.7 Å². The molecule has 5 N–H and O–H groups in total. The molecule has 4 atom stereocenters. The maximum atomic E-state index is 13.4. The van der Waals surface area contributed by atoms with Crippen molar-refractivity contribution in [2.45, 2.75) is 75.4 Å². The van der Waals surface area contributed by atoms with Gasteiger partial charge in [-0.15, -0.1) is 0 Å². The van der Waals surface area contributed by atoms with Crippen LogP contribution in [0.5, 0.6) is 0 Å². The molecule has 2 unspecified atom stereocenters. The summed E-state index contributed by atoms with van der Waals surface area (Å²) in [6.45, 7) is 5.32. The van der Waals surface area contributed by atoms with Gasteiger partial charge in [-0.1, -0.05) is 0 Å². The maximum absolute atomic E-state index is 13.4. The predicted molar refractivity (Wildman–Crippen MR) is 125 cm³/mol. The number of ether oxygens (including phenoxy) is 1. The van der Waals surface area contributed by atoms with E-state index >= 15 is 0 Å². The number of likely N-dealkylation sites (tertiary alicyclic amines) is 1. The summed E-state index contributed by atoms with van der Waals surface area (Å²) < 4.78 is 46.9. The standard InChI is InChI=1S/C17H25F3N4O.C6H8O7/c1-11-7-15(17(18,19)20)24-16(21-11)8-13(22-24)14-3-2-5-23(14)9-12-4-6-25-10-12;7-3(8)1-6(13,5(11)12)2-4(9)10/h8,11-12,14-15,21H,2-7,9-10H2,1H3;13H,1-2H2,(H,7,8)(H,9,10)(H,11,12)/t11-,12?,14?,15-;/m1./s1. The summed E-state index contributed by atoms with van der Waals surface area (Å²) in [7, 11) is 0. The largest absolute Gasteiger partial charge is 0.481 e.